The number of benzene rings is 2. The minimum absolute atomic E-state index is 0.0492. The summed E-state index contributed by atoms with van der Waals surface area (Å²) in [6.07, 6.45) is 0.504. The summed E-state index contributed by atoms with van der Waals surface area (Å²) < 4.78 is 31.6. The van der Waals surface area contributed by atoms with Crippen LogP contribution in [0.15, 0.2) is 48.5 Å². The molecule has 2 aromatic rings. The van der Waals surface area contributed by atoms with E-state index in [1.165, 1.54) is 24.3 Å². The van der Waals surface area contributed by atoms with Crippen molar-refractivity contribution in [3.8, 4) is 0 Å². The number of morpholine rings is 1. The molecule has 138 valence electrons. The summed E-state index contributed by atoms with van der Waals surface area (Å²) in [5.74, 6) is -0.588. The lowest BCUT2D eigenvalue weighted by atomic mass is 10.1. The van der Waals surface area contributed by atoms with Crippen LogP contribution in [0.4, 0.5) is 8.78 Å². The minimum atomic E-state index is -0.276. The first-order valence-corrected chi connectivity index (χ1v) is 8.71. The van der Waals surface area contributed by atoms with Crippen molar-refractivity contribution in [2.75, 3.05) is 32.8 Å². The summed E-state index contributed by atoms with van der Waals surface area (Å²) in [6.45, 7) is 2.62. The number of hydrogen-bond acceptors (Lipinski definition) is 3. The molecular weight excluding hydrogens is 338 g/mol. The number of nitrogens with one attached hydrogen (secondary N) is 1. The van der Waals surface area contributed by atoms with Crippen LogP contribution in [0.2, 0.25) is 0 Å². The predicted molar refractivity (Wildman–Crippen MR) is 94.6 cm³/mol. The van der Waals surface area contributed by atoms with Crippen LogP contribution in [0.3, 0.4) is 0 Å². The monoisotopic (exact) mass is 360 g/mol. The molecule has 26 heavy (non-hydrogen) atoms. The Morgan fingerprint density at radius 1 is 1.08 bits per heavy atom. The molecule has 4 nitrogen and oxygen atoms in total. The fraction of sp³-hybridized carbons (Fsp3) is 0.350. The highest BCUT2D eigenvalue weighted by molar-refractivity contribution is 5.78. The lowest BCUT2D eigenvalue weighted by Crippen LogP contribution is -2.44. The lowest BCUT2D eigenvalue weighted by molar-refractivity contribution is -0.124. The maximum absolute atomic E-state index is 13.0. The second-order valence-electron chi connectivity index (χ2n) is 6.37. The van der Waals surface area contributed by atoms with E-state index >= 15 is 0 Å². The first-order chi connectivity index (χ1) is 12.6. The smallest absolute Gasteiger partial charge is 0.234 e. The number of rotatable bonds is 6. The minimum Gasteiger partial charge on any atom is -0.371 e. The topological polar surface area (TPSA) is 41.6 Å². The van der Waals surface area contributed by atoms with Crippen molar-refractivity contribution in [3.05, 3.63) is 71.3 Å². The Hall–Kier alpha value is -2.31. The molecule has 1 fully saturated rings. The number of nitrogens with zero attached hydrogens (tertiary/aromatic N) is 1. The van der Waals surface area contributed by atoms with Crippen molar-refractivity contribution in [2.45, 2.75) is 12.5 Å². The molecule has 1 heterocycles. The van der Waals surface area contributed by atoms with Crippen LogP contribution in [0.5, 0.6) is 0 Å². The van der Waals surface area contributed by atoms with Crippen LogP contribution in [0, 0.1) is 11.6 Å². The molecule has 1 atom stereocenters. The Labute approximate surface area is 151 Å². The maximum atomic E-state index is 13.0. The summed E-state index contributed by atoms with van der Waals surface area (Å²) in [5, 5.41) is 2.89. The third-order valence-corrected chi connectivity index (χ3v) is 4.41. The SMILES string of the molecule is O=C(CN1CCOC(c2ccc(F)cc2)C1)NCCc1ccc(F)cc1. The molecule has 1 unspecified atom stereocenters. The zero-order valence-electron chi connectivity index (χ0n) is 14.5. The molecule has 0 spiro atoms. The summed E-state index contributed by atoms with van der Waals surface area (Å²) in [7, 11) is 0. The Morgan fingerprint density at radius 2 is 1.73 bits per heavy atom. The maximum Gasteiger partial charge on any atom is 0.234 e. The van der Waals surface area contributed by atoms with Crippen LogP contribution in [-0.2, 0) is 16.0 Å². The number of carbonyl (C=O) groups is 1. The second kappa shape index (κ2) is 8.87. The van der Waals surface area contributed by atoms with Crippen molar-refractivity contribution in [3.63, 3.8) is 0 Å². The molecule has 1 amide bonds. The predicted octanol–water partition coefficient (Wildman–Crippen LogP) is 2.70. The van der Waals surface area contributed by atoms with Crippen molar-refractivity contribution in [1.29, 1.82) is 0 Å². The number of carbonyl (C=O) groups excluding carboxylic acids is 1. The summed E-state index contributed by atoms with van der Waals surface area (Å²) in [6, 6.07) is 12.5. The van der Waals surface area contributed by atoms with Crippen molar-refractivity contribution >= 4 is 5.91 Å². The standard InChI is InChI=1S/C20H22F2N2O2/c21-17-5-1-15(2-6-17)9-10-23-20(25)14-24-11-12-26-19(13-24)16-3-7-18(22)8-4-16/h1-8,19H,9-14H2,(H,23,25). The van der Waals surface area contributed by atoms with Gasteiger partial charge in [0.15, 0.2) is 0 Å². The number of ether oxygens (including phenoxy) is 1. The molecule has 0 bridgehead atoms. The molecule has 0 aromatic heterocycles. The van der Waals surface area contributed by atoms with Crippen LogP contribution < -0.4 is 5.32 Å². The second-order valence-corrected chi connectivity index (χ2v) is 6.37. The van der Waals surface area contributed by atoms with E-state index in [1.807, 2.05) is 4.90 Å². The number of amides is 1. The van der Waals surface area contributed by atoms with E-state index in [0.717, 1.165) is 11.1 Å². The molecule has 3 rings (SSSR count). The Kier molecular flexibility index (Phi) is 6.30. The van der Waals surface area contributed by atoms with Crippen molar-refractivity contribution in [2.24, 2.45) is 0 Å². The van der Waals surface area contributed by atoms with Crippen molar-refractivity contribution in [1.82, 2.24) is 10.2 Å². The zero-order valence-corrected chi connectivity index (χ0v) is 14.5. The van der Waals surface area contributed by atoms with Gasteiger partial charge in [0.2, 0.25) is 5.91 Å². The molecule has 1 aliphatic rings. The molecule has 0 aliphatic carbocycles. The van der Waals surface area contributed by atoms with Crippen molar-refractivity contribution < 1.29 is 18.3 Å². The highest BCUT2D eigenvalue weighted by atomic mass is 19.1. The van der Waals surface area contributed by atoms with Gasteiger partial charge in [0, 0.05) is 19.6 Å². The molecule has 1 N–H and O–H groups in total. The van der Waals surface area contributed by atoms with E-state index in [1.54, 1.807) is 24.3 Å². The molecule has 6 heteroatoms. The van der Waals surface area contributed by atoms with Crippen LogP contribution in [0.25, 0.3) is 0 Å². The molecule has 1 aliphatic heterocycles. The van der Waals surface area contributed by atoms with Gasteiger partial charge in [-0.2, -0.15) is 0 Å². The van der Waals surface area contributed by atoms with Gasteiger partial charge in [-0.15, -0.1) is 0 Å². The summed E-state index contributed by atoms with van der Waals surface area (Å²) in [5.41, 5.74) is 1.89. The number of hydrogen-bond donors (Lipinski definition) is 1. The molecule has 0 radical (unpaired) electrons. The largest absolute Gasteiger partial charge is 0.371 e. The third kappa shape index (κ3) is 5.34. The van der Waals surface area contributed by atoms with E-state index in [2.05, 4.69) is 5.32 Å². The average molecular weight is 360 g/mol. The van der Waals surface area contributed by atoms with E-state index in [4.69, 9.17) is 4.74 Å². The van der Waals surface area contributed by atoms with Gasteiger partial charge < -0.3 is 10.1 Å². The van der Waals surface area contributed by atoms with Crippen LogP contribution in [0.1, 0.15) is 17.2 Å². The normalized spacial score (nSPS) is 17.8. The van der Waals surface area contributed by atoms with Gasteiger partial charge in [-0.05, 0) is 41.8 Å². The first-order valence-electron chi connectivity index (χ1n) is 8.71. The third-order valence-electron chi connectivity index (χ3n) is 4.41. The first kappa shape index (κ1) is 18.5. The Balaban J connectivity index is 1.43. The van der Waals surface area contributed by atoms with E-state index in [-0.39, 0.29) is 23.6 Å². The quantitative estimate of drug-likeness (QED) is 0.861. The fourth-order valence-electron chi connectivity index (χ4n) is 2.98. The number of halogens is 2. The summed E-state index contributed by atoms with van der Waals surface area (Å²) in [4.78, 5) is 14.2. The fourth-order valence-corrected chi connectivity index (χ4v) is 2.98. The van der Waals surface area contributed by atoms with Gasteiger partial charge in [0.1, 0.15) is 11.6 Å². The Morgan fingerprint density at radius 3 is 2.42 bits per heavy atom. The zero-order chi connectivity index (χ0) is 18.4. The van der Waals surface area contributed by atoms with Gasteiger partial charge in [0.05, 0.1) is 19.3 Å². The van der Waals surface area contributed by atoms with Gasteiger partial charge in [0.25, 0.3) is 0 Å². The molecule has 2 aromatic carbocycles. The van der Waals surface area contributed by atoms with E-state index in [0.29, 0.717) is 39.2 Å². The molecule has 0 saturated carbocycles. The van der Waals surface area contributed by atoms with E-state index < -0.39 is 0 Å². The van der Waals surface area contributed by atoms with Crippen LogP contribution >= 0.6 is 0 Å². The molecule has 1 saturated heterocycles. The van der Waals surface area contributed by atoms with Gasteiger partial charge in [-0.1, -0.05) is 24.3 Å². The van der Waals surface area contributed by atoms with Gasteiger partial charge in [-0.25, -0.2) is 8.78 Å². The van der Waals surface area contributed by atoms with Crippen LogP contribution in [-0.4, -0.2) is 43.6 Å². The highest BCUT2D eigenvalue weighted by Gasteiger charge is 2.23. The highest BCUT2D eigenvalue weighted by Crippen LogP contribution is 2.22. The summed E-state index contributed by atoms with van der Waals surface area (Å²) >= 11 is 0. The van der Waals surface area contributed by atoms with Gasteiger partial charge >= 0.3 is 0 Å². The average Bonchev–Trinajstić information content (AvgIpc) is 2.64. The van der Waals surface area contributed by atoms with E-state index in [9.17, 15) is 13.6 Å². The molecular formula is C20H22F2N2O2. The van der Waals surface area contributed by atoms with Gasteiger partial charge in [-0.3, -0.25) is 9.69 Å². The Bertz CT molecular complexity index is 720. The lowest BCUT2D eigenvalue weighted by Gasteiger charge is -2.32.